The fourth-order valence-corrected chi connectivity index (χ4v) is 3.19. The van der Waals surface area contributed by atoms with E-state index in [1.54, 1.807) is 19.2 Å². The Morgan fingerprint density at radius 3 is 2.00 bits per heavy atom. The molecule has 1 heterocycles. The summed E-state index contributed by atoms with van der Waals surface area (Å²) in [4.78, 5) is 25.0. The normalized spacial score (nSPS) is 15.5. The van der Waals surface area contributed by atoms with Gasteiger partial charge in [0.05, 0.1) is 7.11 Å². The van der Waals surface area contributed by atoms with Crippen LogP contribution in [0.2, 0.25) is 0 Å². The van der Waals surface area contributed by atoms with E-state index >= 15 is 0 Å². The van der Waals surface area contributed by atoms with E-state index in [9.17, 15) is 14.0 Å². The molecule has 130 valence electrons. The third kappa shape index (κ3) is 3.87. The molecule has 0 saturated carbocycles. The standard InChI is InChI=1S/C20H20FNO3/c1-25-17-8-4-15(5-9-17)18(14-2-6-16(21)7-3-14)12-13-22-19(23)10-11-20(22)24/h2-9,18H,10-13H2,1H3. The lowest BCUT2D eigenvalue weighted by molar-refractivity contribution is -0.138. The monoisotopic (exact) mass is 341 g/mol. The van der Waals surface area contributed by atoms with Crippen molar-refractivity contribution in [3.05, 3.63) is 65.5 Å². The number of hydrogen-bond acceptors (Lipinski definition) is 3. The van der Waals surface area contributed by atoms with Crippen molar-refractivity contribution >= 4 is 11.8 Å². The molecule has 0 aromatic heterocycles. The molecular weight excluding hydrogens is 321 g/mol. The highest BCUT2D eigenvalue weighted by Crippen LogP contribution is 2.30. The number of benzene rings is 2. The Morgan fingerprint density at radius 1 is 0.960 bits per heavy atom. The summed E-state index contributed by atoms with van der Waals surface area (Å²) in [5.41, 5.74) is 1.98. The molecular formula is C20H20FNO3. The Kier molecular flexibility index (Phi) is 5.12. The van der Waals surface area contributed by atoms with Crippen LogP contribution in [-0.2, 0) is 9.59 Å². The maximum Gasteiger partial charge on any atom is 0.229 e. The van der Waals surface area contributed by atoms with Crippen molar-refractivity contribution in [3.8, 4) is 5.75 Å². The van der Waals surface area contributed by atoms with Crippen LogP contribution in [0.3, 0.4) is 0 Å². The van der Waals surface area contributed by atoms with Crippen molar-refractivity contribution in [2.45, 2.75) is 25.2 Å². The Morgan fingerprint density at radius 2 is 1.48 bits per heavy atom. The molecule has 0 aliphatic carbocycles. The van der Waals surface area contributed by atoms with Gasteiger partial charge in [0.15, 0.2) is 0 Å². The molecule has 2 aromatic rings. The summed E-state index contributed by atoms with van der Waals surface area (Å²) in [7, 11) is 1.61. The van der Waals surface area contributed by atoms with Gasteiger partial charge in [0, 0.05) is 25.3 Å². The van der Waals surface area contributed by atoms with Gasteiger partial charge in [-0.05, 0) is 41.8 Å². The summed E-state index contributed by atoms with van der Waals surface area (Å²) in [5, 5.41) is 0. The van der Waals surface area contributed by atoms with Gasteiger partial charge in [0.25, 0.3) is 0 Å². The summed E-state index contributed by atoms with van der Waals surface area (Å²) >= 11 is 0. The van der Waals surface area contributed by atoms with E-state index in [2.05, 4.69) is 0 Å². The molecule has 1 atom stereocenters. The van der Waals surface area contributed by atoms with E-state index in [-0.39, 0.29) is 23.5 Å². The van der Waals surface area contributed by atoms with Crippen LogP contribution in [0.5, 0.6) is 5.75 Å². The lowest BCUT2D eigenvalue weighted by Gasteiger charge is -2.21. The smallest absolute Gasteiger partial charge is 0.229 e. The number of methoxy groups -OCH3 is 1. The molecule has 2 aromatic carbocycles. The maximum absolute atomic E-state index is 13.3. The summed E-state index contributed by atoms with van der Waals surface area (Å²) in [6, 6.07) is 14.0. The van der Waals surface area contributed by atoms with Gasteiger partial charge in [-0.25, -0.2) is 4.39 Å². The average Bonchev–Trinajstić information content (AvgIpc) is 2.95. The topological polar surface area (TPSA) is 46.6 Å². The average molecular weight is 341 g/mol. The number of ether oxygens (including phenoxy) is 1. The lowest BCUT2D eigenvalue weighted by atomic mass is 9.88. The first kappa shape index (κ1) is 17.1. The Bertz CT molecular complexity index is 740. The van der Waals surface area contributed by atoms with Crippen LogP contribution in [0, 0.1) is 5.82 Å². The van der Waals surface area contributed by atoms with Gasteiger partial charge < -0.3 is 4.74 Å². The van der Waals surface area contributed by atoms with Crippen molar-refractivity contribution in [1.82, 2.24) is 4.90 Å². The zero-order valence-electron chi connectivity index (χ0n) is 14.1. The van der Waals surface area contributed by atoms with Crippen LogP contribution in [0.1, 0.15) is 36.3 Å². The molecule has 4 nitrogen and oxygen atoms in total. The van der Waals surface area contributed by atoms with Gasteiger partial charge in [0.2, 0.25) is 11.8 Å². The number of halogens is 1. The number of rotatable bonds is 6. The Balaban J connectivity index is 1.84. The highest BCUT2D eigenvalue weighted by atomic mass is 19.1. The summed E-state index contributed by atoms with van der Waals surface area (Å²) < 4.78 is 18.5. The van der Waals surface area contributed by atoms with E-state index in [1.165, 1.54) is 17.0 Å². The largest absolute Gasteiger partial charge is 0.497 e. The first-order valence-electron chi connectivity index (χ1n) is 8.31. The van der Waals surface area contributed by atoms with Crippen LogP contribution in [-0.4, -0.2) is 30.4 Å². The van der Waals surface area contributed by atoms with Gasteiger partial charge in [-0.2, -0.15) is 0 Å². The van der Waals surface area contributed by atoms with Crippen molar-refractivity contribution in [2.24, 2.45) is 0 Å². The molecule has 2 amide bonds. The molecule has 1 saturated heterocycles. The quantitative estimate of drug-likeness (QED) is 0.756. The third-order valence-electron chi connectivity index (χ3n) is 4.59. The molecule has 1 aliphatic rings. The zero-order valence-corrected chi connectivity index (χ0v) is 14.1. The first-order valence-corrected chi connectivity index (χ1v) is 8.31. The minimum atomic E-state index is -0.290. The summed E-state index contributed by atoms with van der Waals surface area (Å²) in [5.74, 6) is 0.205. The Labute approximate surface area is 146 Å². The minimum Gasteiger partial charge on any atom is -0.497 e. The molecule has 1 aliphatic heterocycles. The van der Waals surface area contributed by atoms with E-state index in [1.807, 2.05) is 24.3 Å². The van der Waals surface area contributed by atoms with Crippen LogP contribution in [0.15, 0.2) is 48.5 Å². The number of hydrogen-bond donors (Lipinski definition) is 0. The SMILES string of the molecule is COc1ccc(C(CCN2C(=O)CCC2=O)c2ccc(F)cc2)cc1. The van der Waals surface area contributed by atoms with Crippen LogP contribution >= 0.6 is 0 Å². The summed E-state index contributed by atoms with van der Waals surface area (Å²) in [6.07, 6.45) is 1.18. The number of nitrogens with zero attached hydrogens (tertiary/aromatic N) is 1. The highest BCUT2D eigenvalue weighted by molar-refractivity contribution is 6.01. The van der Waals surface area contributed by atoms with Crippen LogP contribution < -0.4 is 4.74 Å². The van der Waals surface area contributed by atoms with E-state index in [4.69, 9.17) is 4.74 Å². The van der Waals surface area contributed by atoms with Gasteiger partial charge >= 0.3 is 0 Å². The highest BCUT2D eigenvalue weighted by Gasteiger charge is 2.29. The lowest BCUT2D eigenvalue weighted by Crippen LogP contribution is -2.31. The van der Waals surface area contributed by atoms with Gasteiger partial charge in [0.1, 0.15) is 11.6 Å². The van der Waals surface area contributed by atoms with Crippen LogP contribution in [0.25, 0.3) is 0 Å². The minimum absolute atomic E-state index is 0.0345. The van der Waals surface area contributed by atoms with Crippen molar-refractivity contribution < 1.29 is 18.7 Å². The molecule has 0 radical (unpaired) electrons. The summed E-state index contributed by atoms with van der Waals surface area (Å²) in [6.45, 7) is 0.367. The molecule has 0 spiro atoms. The van der Waals surface area contributed by atoms with E-state index in [0.717, 1.165) is 16.9 Å². The predicted octanol–water partition coefficient (Wildman–Crippen LogP) is 3.51. The fourth-order valence-electron chi connectivity index (χ4n) is 3.19. The predicted molar refractivity (Wildman–Crippen MR) is 91.8 cm³/mol. The molecule has 3 rings (SSSR count). The first-order chi connectivity index (χ1) is 12.1. The number of carbonyl (C=O) groups is 2. The fraction of sp³-hybridized carbons (Fsp3) is 0.300. The number of amides is 2. The second-order valence-electron chi connectivity index (χ2n) is 6.11. The molecule has 0 N–H and O–H groups in total. The second-order valence-corrected chi connectivity index (χ2v) is 6.11. The second kappa shape index (κ2) is 7.47. The van der Waals surface area contributed by atoms with Gasteiger partial charge in [-0.3, -0.25) is 14.5 Å². The number of likely N-dealkylation sites (tertiary alicyclic amines) is 1. The van der Waals surface area contributed by atoms with Gasteiger partial charge in [-0.1, -0.05) is 24.3 Å². The molecule has 1 unspecified atom stereocenters. The van der Waals surface area contributed by atoms with Crippen molar-refractivity contribution in [3.63, 3.8) is 0 Å². The third-order valence-corrected chi connectivity index (χ3v) is 4.59. The van der Waals surface area contributed by atoms with E-state index in [0.29, 0.717) is 25.8 Å². The van der Waals surface area contributed by atoms with Crippen molar-refractivity contribution in [2.75, 3.05) is 13.7 Å². The van der Waals surface area contributed by atoms with Gasteiger partial charge in [-0.15, -0.1) is 0 Å². The molecule has 0 bridgehead atoms. The van der Waals surface area contributed by atoms with Crippen molar-refractivity contribution in [1.29, 1.82) is 0 Å². The van der Waals surface area contributed by atoms with E-state index < -0.39 is 0 Å². The maximum atomic E-state index is 13.3. The van der Waals surface area contributed by atoms with Crippen LogP contribution in [0.4, 0.5) is 4.39 Å². The number of imide groups is 1. The Hall–Kier alpha value is -2.69. The number of carbonyl (C=O) groups excluding carboxylic acids is 2. The zero-order chi connectivity index (χ0) is 17.8. The molecule has 25 heavy (non-hydrogen) atoms. The molecule has 5 heteroatoms. The molecule has 1 fully saturated rings.